The summed E-state index contributed by atoms with van der Waals surface area (Å²) in [7, 11) is 0. The summed E-state index contributed by atoms with van der Waals surface area (Å²) in [5.41, 5.74) is 8.62. The van der Waals surface area contributed by atoms with Crippen LogP contribution in [0, 0.1) is 35.1 Å². The summed E-state index contributed by atoms with van der Waals surface area (Å²) in [6.07, 6.45) is 1.89. The molecule has 0 radical (unpaired) electrons. The zero-order valence-corrected chi connectivity index (χ0v) is 18.1. The summed E-state index contributed by atoms with van der Waals surface area (Å²) < 4.78 is 0. The molecule has 0 N–H and O–H groups in total. The van der Waals surface area contributed by atoms with Gasteiger partial charge in [-0.05, 0) is 49.9 Å². The number of aliphatic imine (C=N–C) groups is 2. The van der Waals surface area contributed by atoms with E-state index in [4.69, 9.17) is 9.98 Å². The van der Waals surface area contributed by atoms with Gasteiger partial charge >= 0.3 is 0 Å². The van der Waals surface area contributed by atoms with Crippen LogP contribution in [0.3, 0.4) is 0 Å². The summed E-state index contributed by atoms with van der Waals surface area (Å²) in [6, 6.07) is 22.7. The summed E-state index contributed by atoms with van der Waals surface area (Å²) in [5.74, 6) is 0. The average molecular weight is 414 g/mol. The molecule has 3 aromatic rings. The Labute approximate surface area is 179 Å². The molecule has 0 aliphatic rings. The molecular weight excluding hydrogens is 387 g/mol. The molecular formula is C25H27N2Ni-. The maximum Gasteiger partial charge on any atom is 0.0892 e. The van der Waals surface area contributed by atoms with E-state index >= 15 is 0 Å². The number of para-hydroxylation sites is 2. The van der Waals surface area contributed by atoms with Crippen molar-refractivity contribution in [3.63, 3.8) is 0 Å². The van der Waals surface area contributed by atoms with Crippen LogP contribution in [0.15, 0.2) is 76.7 Å². The van der Waals surface area contributed by atoms with Crippen molar-refractivity contribution in [3.8, 4) is 0 Å². The minimum atomic E-state index is 0. The van der Waals surface area contributed by atoms with Gasteiger partial charge in [0.25, 0.3) is 0 Å². The van der Waals surface area contributed by atoms with Gasteiger partial charge in [-0.2, -0.15) is 0 Å². The molecule has 0 aliphatic heterocycles. The van der Waals surface area contributed by atoms with Gasteiger partial charge in [-0.15, -0.1) is 0 Å². The molecule has 28 heavy (non-hydrogen) atoms. The number of benzene rings is 3. The molecule has 0 aromatic heterocycles. The van der Waals surface area contributed by atoms with Crippen molar-refractivity contribution >= 4 is 23.3 Å². The van der Waals surface area contributed by atoms with Crippen molar-refractivity contribution in [2.45, 2.75) is 27.7 Å². The first-order valence-corrected chi connectivity index (χ1v) is 8.87. The van der Waals surface area contributed by atoms with Crippen molar-refractivity contribution in [2.24, 2.45) is 9.98 Å². The van der Waals surface area contributed by atoms with Crippen LogP contribution in [0.5, 0.6) is 0 Å². The number of rotatable bonds is 4. The van der Waals surface area contributed by atoms with E-state index in [1.165, 1.54) is 22.3 Å². The Morgan fingerprint density at radius 3 is 1.61 bits per heavy atom. The van der Waals surface area contributed by atoms with Gasteiger partial charge in [0.15, 0.2) is 0 Å². The molecule has 0 fully saturated rings. The fourth-order valence-corrected chi connectivity index (χ4v) is 3.01. The van der Waals surface area contributed by atoms with Crippen molar-refractivity contribution in [1.29, 1.82) is 0 Å². The Balaban J connectivity index is 0.00000196. The second-order valence-corrected chi connectivity index (χ2v) is 6.60. The summed E-state index contributed by atoms with van der Waals surface area (Å²) in [5, 5.41) is 0. The van der Waals surface area contributed by atoms with E-state index in [2.05, 4.69) is 76.2 Å². The molecule has 2 nitrogen and oxygen atoms in total. The zero-order chi connectivity index (χ0) is 18.5. The molecule has 0 saturated heterocycles. The molecule has 0 spiro atoms. The van der Waals surface area contributed by atoms with Gasteiger partial charge in [0, 0.05) is 22.1 Å². The van der Waals surface area contributed by atoms with E-state index in [-0.39, 0.29) is 23.9 Å². The van der Waals surface area contributed by atoms with Gasteiger partial charge in [-0.1, -0.05) is 66.7 Å². The molecule has 3 rings (SSSR count). The third-order valence-electron chi connectivity index (χ3n) is 4.50. The molecule has 3 aromatic carbocycles. The Kier molecular flexibility index (Phi) is 9.02. The third-order valence-corrected chi connectivity index (χ3v) is 4.50. The molecule has 3 heteroatoms. The van der Waals surface area contributed by atoms with Crippen molar-refractivity contribution < 1.29 is 16.5 Å². The smallest absolute Gasteiger partial charge is 0.0892 e. The second-order valence-electron chi connectivity index (χ2n) is 6.60. The first-order chi connectivity index (χ1) is 12.6. The first kappa shape index (κ1) is 23.5. The normalized spacial score (nSPS) is 11.1. The van der Waals surface area contributed by atoms with E-state index in [9.17, 15) is 0 Å². The van der Waals surface area contributed by atoms with Crippen LogP contribution in [-0.4, -0.2) is 11.9 Å². The maximum atomic E-state index is 4.97. The second kappa shape index (κ2) is 10.7. The largest absolute Gasteiger partial charge is 0.358 e. The molecule has 0 amide bonds. The predicted octanol–water partition coefficient (Wildman–Crippen LogP) is 6.89. The van der Waals surface area contributed by atoms with Gasteiger partial charge in [-0.3, -0.25) is 4.99 Å². The molecule has 0 atom stereocenters. The Bertz CT molecular complexity index is 933. The van der Waals surface area contributed by atoms with Crippen LogP contribution in [0.4, 0.5) is 11.4 Å². The van der Waals surface area contributed by atoms with Crippen molar-refractivity contribution in [3.05, 3.63) is 102 Å². The van der Waals surface area contributed by atoms with E-state index in [0.29, 0.717) is 0 Å². The SMILES string of the molecule is Cc1cccc(C)c1N=CC(=Nc1c(C)cccc1C)c1ccccc1.[CH3-].[Ni]. The number of nitrogens with zero attached hydrogens (tertiary/aromatic N) is 2. The standard InChI is InChI=1S/C24H24N2.CH3.Ni/c1-17-10-8-11-18(2)23(17)25-16-22(21-14-6-5-7-15-21)26-24-19(3)12-9-13-20(24)4;;/h5-16H,1-4H3;1H3;/q;-1;. The van der Waals surface area contributed by atoms with Crippen LogP contribution < -0.4 is 0 Å². The number of hydrogen-bond donors (Lipinski definition) is 0. The minimum Gasteiger partial charge on any atom is -0.358 e. The molecule has 148 valence electrons. The predicted molar refractivity (Wildman–Crippen MR) is 119 cm³/mol. The van der Waals surface area contributed by atoms with E-state index in [1.54, 1.807) is 0 Å². The third kappa shape index (κ3) is 5.50. The molecule has 0 aliphatic carbocycles. The Morgan fingerprint density at radius 1 is 0.643 bits per heavy atom. The maximum absolute atomic E-state index is 4.97. The molecule has 0 saturated carbocycles. The van der Waals surface area contributed by atoms with E-state index in [1.807, 2.05) is 24.4 Å². The minimum absolute atomic E-state index is 0. The molecule has 0 heterocycles. The summed E-state index contributed by atoms with van der Waals surface area (Å²) in [4.78, 5) is 9.75. The molecule has 0 unspecified atom stereocenters. The molecule has 0 bridgehead atoms. The van der Waals surface area contributed by atoms with Crippen LogP contribution in [-0.2, 0) is 16.5 Å². The number of hydrogen-bond acceptors (Lipinski definition) is 2. The van der Waals surface area contributed by atoms with Crippen molar-refractivity contribution in [2.75, 3.05) is 0 Å². The quantitative estimate of drug-likeness (QED) is 0.252. The van der Waals surface area contributed by atoms with Gasteiger partial charge in [-0.25, -0.2) is 4.99 Å². The van der Waals surface area contributed by atoms with E-state index in [0.717, 1.165) is 22.6 Å². The summed E-state index contributed by atoms with van der Waals surface area (Å²) in [6.45, 7) is 8.36. The summed E-state index contributed by atoms with van der Waals surface area (Å²) >= 11 is 0. The Hall–Kier alpha value is -2.51. The average Bonchev–Trinajstić information content (AvgIpc) is 2.63. The topological polar surface area (TPSA) is 24.7 Å². The number of aryl methyl sites for hydroxylation is 4. The van der Waals surface area contributed by atoms with Crippen LogP contribution in [0.25, 0.3) is 0 Å². The van der Waals surface area contributed by atoms with Crippen molar-refractivity contribution in [1.82, 2.24) is 0 Å². The Morgan fingerprint density at radius 2 is 1.11 bits per heavy atom. The fourth-order valence-electron chi connectivity index (χ4n) is 3.01. The van der Waals surface area contributed by atoms with Gasteiger partial charge in [0.2, 0.25) is 0 Å². The zero-order valence-electron chi connectivity index (χ0n) is 17.1. The monoisotopic (exact) mass is 413 g/mol. The van der Waals surface area contributed by atoms with Gasteiger partial charge in [0.1, 0.15) is 0 Å². The van der Waals surface area contributed by atoms with Gasteiger partial charge in [0.05, 0.1) is 23.3 Å². The van der Waals surface area contributed by atoms with Crippen LogP contribution in [0.2, 0.25) is 0 Å². The van der Waals surface area contributed by atoms with E-state index < -0.39 is 0 Å². The van der Waals surface area contributed by atoms with Crippen LogP contribution in [0.1, 0.15) is 27.8 Å². The van der Waals surface area contributed by atoms with Crippen LogP contribution >= 0.6 is 0 Å². The van der Waals surface area contributed by atoms with Gasteiger partial charge < -0.3 is 7.43 Å². The first-order valence-electron chi connectivity index (χ1n) is 8.87. The fraction of sp³-hybridized carbons (Fsp3) is 0.160.